The zero-order valence-electron chi connectivity index (χ0n) is 15.3. The number of benzene rings is 1. The molecule has 0 saturated heterocycles. The van der Waals surface area contributed by atoms with E-state index in [-0.39, 0.29) is 19.2 Å². The summed E-state index contributed by atoms with van der Waals surface area (Å²) in [5.74, 6) is 2.87. The third kappa shape index (κ3) is 3.21. The lowest BCUT2D eigenvalue weighted by Gasteiger charge is -2.20. The zero-order chi connectivity index (χ0) is 18.9. The molecule has 0 unspecified atom stereocenters. The predicted molar refractivity (Wildman–Crippen MR) is 98.7 cm³/mol. The van der Waals surface area contributed by atoms with E-state index in [1.165, 1.54) is 6.42 Å². The average Bonchev–Trinajstić information content (AvgIpc) is 3.38. The van der Waals surface area contributed by atoms with E-state index >= 15 is 0 Å². The first-order valence-electron chi connectivity index (χ1n) is 9.40. The molecular formula is C20H20N4O4. The second kappa shape index (κ2) is 7.03. The van der Waals surface area contributed by atoms with Gasteiger partial charge >= 0.3 is 0 Å². The molecule has 0 radical (unpaired) electrons. The Morgan fingerprint density at radius 1 is 1.18 bits per heavy atom. The van der Waals surface area contributed by atoms with Gasteiger partial charge in [-0.05, 0) is 42.7 Å². The Kier molecular flexibility index (Phi) is 4.23. The molecule has 28 heavy (non-hydrogen) atoms. The molecule has 1 saturated carbocycles. The summed E-state index contributed by atoms with van der Waals surface area (Å²) >= 11 is 0. The van der Waals surface area contributed by atoms with E-state index in [0.717, 1.165) is 29.8 Å². The molecule has 2 aromatic heterocycles. The minimum Gasteiger partial charge on any atom is -0.454 e. The van der Waals surface area contributed by atoms with E-state index in [9.17, 15) is 4.79 Å². The Morgan fingerprint density at radius 2 is 2.07 bits per heavy atom. The van der Waals surface area contributed by atoms with Crippen LogP contribution in [0.2, 0.25) is 0 Å². The number of hydrogen-bond acceptors (Lipinski definition) is 6. The standard InChI is InChI=1S/C20H20N4O4/c25-18(21-10-13-6-7-16-17(9-13)27-12-26-16)11-24-8-2-5-15(24)20-23-22-19(28-20)14-3-1-4-14/h2,5-9,14H,1,3-4,10-12H2,(H,21,25). The highest BCUT2D eigenvalue weighted by atomic mass is 16.7. The molecule has 1 amide bonds. The van der Waals surface area contributed by atoms with Gasteiger partial charge < -0.3 is 23.8 Å². The number of rotatable bonds is 6. The smallest absolute Gasteiger partial charge is 0.264 e. The Hall–Kier alpha value is -3.29. The summed E-state index contributed by atoms with van der Waals surface area (Å²) in [5, 5.41) is 11.3. The van der Waals surface area contributed by atoms with Gasteiger partial charge in [0, 0.05) is 18.7 Å². The van der Waals surface area contributed by atoms with Gasteiger partial charge in [0.1, 0.15) is 12.2 Å². The first-order chi connectivity index (χ1) is 13.8. The van der Waals surface area contributed by atoms with Crippen LogP contribution in [0.3, 0.4) is 0 Å². The van der Waals surface area contributed by atoms with Crippen LogP contribution in [0.5, 0.6) is 11.5 Å². The summed E-state index contributed by atoms with van der Waals surface area (Å²) in [6.45, 7) is 0.826. The first kappa shape index (κ1) is 16.9. The molecule has 0 bridgehead atoms. The summed E-state index contributed by atoms with van der Waals surface area (Å²) in [6.07, 6.45) is 5.25. The Balaban J connectivity index is 1.22. The number of fused-ring (bicyclic) bond motifs is 1. The van der Waals surface area contributed by atoms with Crippen molar-refractivity contribution in [2.75, 3.05) is 6.79 Å². The molecule has 1 aromatic carbocycles. The Labute approximate surface area is 161 Å². The van der Waals surface area contributed by atoms with Crippen molar-refractivity contribution in [1.29, 1.82) is 0 Å². The van der Waals surface area contributed by atoms with Crippen LogP contribution in [0, 0.1) is 0 Å². The van der Waals surface area contributed by atoms with Gasteiger partial charge in [0.2, 0.25) is 18.6 Å². The summed E-state index contributed by atoms with van der Waals surface area (Å²) in [5.41, 5.74) is 1.70. The molecule has 1 N–H and O–H groups in total. The second-order valence-corrected chi connectivity index (χ2v) is 7.06. The lowest BCUT2D eigenvalue weighted by atomic mass is 9.85. The molecule has 8 nitrogen and oxygen atoms in total. The lowest BCUT2D eigenvalue weighted by Crippen LogP contribution is -2.27. The Morgan fingerprint density at radius 3 is 2.93 bits per heavy atom. The quantitative estimate of drug-likeness (QED) is 0.707. The number of amides is 1. The number of hydrogen-bond donors (Lipinski definition) is 1. The minimum absolute atomic E-state index is 0.103. The molecule has 0 spiro atoms. The fourth-order valence-corrected chi connectivity index (χ4v) is 3.37. The van der Waals surface area contributed by atoms with E-state index in [1.807, 2.05) is 41.1 Å². The first-order valence-corrected chi connectivity index (χ1v) is 9.40. The van der Waals surface area contributed by atoms with Gasteiger partial charge in [-0.3, -0.25) is 4.79 Å². The van der Waals surface area contributed by atoms with Gasteiger partial charge in [-0.2, -0.15) is 0 Å². The molecule has 8 heteroatoms. The van der Waals surface area contributed by atoms with Crippen molar-refractivity contribution in [2.24, 2.45) is 0 Å². The Bertz CT molecular complexity index is 1010. The van der Waals surface area contributed by atoms with Crippen LogP contribution in [0.15, 0.2) is 40.9 Å². The summed E-state index contributed by atoms with van der Waals surface area (Å²) in [4.78, 5) is 12.4. The summed E-state index contributed by atoms with van der Waals surface area (Å²) < 4.78 is 18.3. The fraction of sp³-hybridized carbons (Fsp3) is 0.350. The minimum atomic E-state index is -0.103. The van der Waals surface area contributed by atoms with Crippen LogP contribution < -0.4 is 14.8 Å². The van der Waals surface area contributed by atoms with Crippen molar-refractivity contribution in [3.63, 3.8) is 0 Å². The van der Waals surface area contributed by atoms with Crippen molar-refractivity contribution < 1.29 is 18.7 Å². The normalized spacial score (nSPS) is 15.4. The van der Waals surface area contributed by atoms with E-state index < -0.39 is 0 Å². The summed E-state index contributed by atoms with van der Waals surface area (Å²) in [6, 6.07) is 9.39. The highest BCUT2D eigenvalue weighted by Crippen LogP contribution is 2.36. The van der Waals surface area contributed by atoms with E-state index in [4.69, 9.17) is 13.9 Å². The number of ether oxygens (including phenoxy) is 2. The van der Waals surface area contributed by atoms with Crippen LogP contribution >= 0.6 is 0 Å². The molecule has 5 rings (SSSR count). The third-order valence-electron chi connectivity index (χ3n) is 5.18. The van der Waals surface area contributed by atoms with Gasteiger partial charge in [0.25, 0.3) is 5.89 Å². The van der Waals surface area contributed by atoms with E-state index in [2.05, 4.69) is 15.5 Å². The molecule has 1 aliphatic carbocycles. The van der Waals surface area contributed by atoms with Gasteiger partial charge in [-0.1, -0.05) is 12.5 Å². The van der Waals surface area contributed by atoms with Crippen molar-refractivity contribution >= 4 is 5.91 Å². The molecule has 3 aromatic rings. The second-order valence-electron chi connectivity index (χ2n) is 7.06. The van der Waals surface area contributed by atoms with Gasteiger partial charge in [-0.25, -0.2) is 0 Å². The number of carbonyl (C=O) groups excluding carboxylic acids is 1. The van der Waals surface area contributed by atoms with Crippen LogP contribution in [0.4, 0.5) is 0 Å². The van der Waals surface area contributed by atoms with E-state index in [1.54, 1.807) is 0 Å². The van der Waals surface area contributed by atoms with Crippen LogP contribution in [0.25, 0.3) is 11.6 Å². The van der Waals surface area contributed by atoms with Crippen LogP contribution in [0.1, 0.15) is 36.6 Å². The van der Waals surface area contributed by atoms with Crippen LogP contribution in [-0.2, 0) is 17.9 Å². The topological polar surface area (TPSA) is 91.4 Å². The lowest BCUT2D eigenvalue weighted by molar-refractivity contribution is -0.121. The number of nitrogens with one attached hydrogen (secondary N) is 1. The summed E-state index contributed by atoms with van der Waals surface area (Å²) in [7, 11) is 0. The van der Waals surface area contributed by atoms with Gasteiger partial charge in [0.05, 0.1) is 0 Å². The maximum absolute atomic E-state index is 12.4. The maximum Gasteiger partial charge on any atom is 0.264 e. The molecule has 2 aliphatic rings. The number of carbonyl (C=O) groups is 1. The van der Waals surface area contributed by atoms with Crippen LogP contribution in [-0.4, -0.2) is 27.5 Å². The van der Waals surface area contributed by atoms with Gasteiger partial charge in [-0.15, -0.1) is 10.2 Å². The fourth-order valence-electron chi connectivity index (χ4n) is 3.37. The van der Waals surface area contributed by atoms with E-state index in [0.29, 0.717) is 30.0 Å². The molecular weight excluding hydrogens is 360 g/mol. The van der Waals surface area contributed by atoms with Crippen molar-refractivity contribution in [1.82, 2.24) is 20.1 Å². The molecule has 0 atom stereocenters. The largest absolute Gasteiger partial charge is 0.454 e. The number of nitrogens with zero attached hydrogens (tertiary/aromatic N) is 3. The molecule has 144 valence electrons. The maximum atomic E-state index is 12.4. The predicted octanol–water partition coefficient (Wildman–Crippen LogP) is 2.85. The van der Waals surface area contributed by atoms with Crippen molar-refractivity contribution in [2.45, 2.75) is 38.3 Å². The SMILES string of the molecule is O=C(Cn1cccc1-c1nnc(C2CCC2)o1)NCc1ccc2c(c1)OCO2. The molecule has 3 heterocycles. The van der Waals surface area contributed by atoms with Gasteiger partial charge in [0.15, 0.2) is 11.5 Å². The highest BCUT2D eigenvalue weighted by Gasteiger charge is 2.26. The van der Waals surface area contributed by atoms with Crippen molar-refractivity contribution in [3.05, 3.63) is 48.0 Å². The zero-order valence-corrected chi connectivity index (χ0v) is 15.3. The highest BCUT2D eigenvalue weighted by molar-refractivity contribution is 5.76. The molecule has 1 aliphatic heterocycles. The molecule has 1 fully saturated rings. The third-order valence-corrected chi connectivity index (χ3v) is 5.18. The average molecular weight is 380 g/mol. The van der Waals surface area contributed by atoms with Crippen molar-refractivity contribution in [3.8, 4) is 23.1 Å². The monoisotopic (exact) mass is 380 g/mol. The number of aromatic nitrogens is 3.